The summed E-state index contributed by atoms with van der Waals surface area (Å²) < 4.78 is 5.73. The largest absolute Gasteiger partial charge is 0.456 e. The Morgan fingerprint density at radius 2 is 1.60 bits per heavy atom. The van der Waals surface area contributed by atoms with Gasteiger partial charge in [-0.2, -0.15) is 0 Å². The summed E-state index contributed by atoms with van der Waals surface area (Å²) in [5.41, 5.74) is 3.72. The molecule has 15 heavy (non-hydrogen) atoms. The average Bonchev–Trinajstić information content (AvgIpc) is 2.53. The van der Waals surface area contributed by atoms with Crippen molar-refractivity contribution < 1.29 is 4.42 Å². The van der Waals surface area contributed by atoms with E-state index in [1.54, 1.807) is 0 Å². The lowest BCUT2D eigenvalue weighted by Gasteiger charge is -1.91. The van der Waals surface area contributed by atoms with Crippen LogP contribution in [-0.4, -0.2) is 7.85 Å². The number of rotatable bonds is 0. The number of fused-ring (bicyclic) bond motifs is 3. The van der Waals surface area contributed by atoms with Crippen LogP contribution in [0.25, 0.3) is 21.9 Å². The van der Waals surface area contributed by atoms with Crippen molar-refractivity contribution in [3.05, 3.63) is 42.0 Å². The fourth-order valence-electron chi connectivity index (χ4n) is 1.90. The first-order valence-corrected chi connectivity index (χ1v) is 4.92. The number of furan rings is 1. The number of hydrogen-bond acceptors (Lipinski definition) is 1. The third-order valence-electron chi connectivity index (χ3n) is 2.65. The molecule has 0 spiro atoms. The van der Waals surface area contributed by atoms with Crippen molar-refractivity contribution in [3.8, 4) is 0 Å². The molecule has 1 aromatic heterocycles. The minimum absolute atomic E-state index is 0.735. The van der Waals surface area contributed by atoms with Crippen molar-refractivity contribution in [2.24, 2.45) is 0 Å². The highest BCUT2D eigenvalue weighted by atomic mass is 16.3. The third kappa shape index (κ3) is 1.25. The van der Waals surface area contributed by atoms with Crippen LogP contribution in [0.5, 0.6) is 0 Å². The van der Waals surface area contributed by atoms with Crippen LogP contribution in [0.3, 0.4) is 0 Å². The second kappa shape index (κ2) is 2.90. The topological polar surface area (TPSA) is 13.1 Å². The second-order valence-corrected chi connectivity index (χ2v) is 3.86. The Morgan fingerprint density at radius 1 is 0.933 bits per heavy atom. The Morgan fingerprint density at radius 3 is 2.40 bits per heavy atom. The van der Waals surface area contributed by atoms with Gasteiger partial charge < -0.3 is 4.42 Å². The molecule has 0 saturated heterocycles. The molecule has 0 aliphatic carbocycles. The molecule has 3 aromatic rings. The Hall–Kier alpha value is -1.70. The van der Waals surface area contributed by atoms with Gasteiger partial charge in [-0.3, -0.25) is 0 Å². The standard InChI is InChI=1S/C13H9BO/c1-8-2-4-10-11-5-3-9(14)7-13(11)15-12(10)6-8/h2-7H,1H3. The molecule has 1 heterocycles. The van der Waals surface area contributed by atoms with Gasteiger partial charge in [-0.05, 0) is 24.6 Å². The smallest absolute Gasteiger partial charge is 0.135 e. The summed E-state index contributed by atoms with van der Waals surface area (Å²) in [5, 5.41) is 2.27. The first kappa shape index (κ1) is 8.60. The molecule has 0 fully saturated rings. The molecule has 0 unspecified atom stereocenters. The van der Waals surface area contributed by atoms with E-state index in [-0.39, 0.29) is 0 Å². The highest BCUT2D eigenvalue weighted by molar-refractivity contribution is 6.33. The molecule has 0 atom stereocenters. The molecule has 0 aliphatic heterocycles. The second-order valence-electron chi connectivity index (χ2n) is 3.86. The van der Waals surface area contributed by atoms with Crippen LogP contribution < -0.4 is 5.46 Å². The van der Waals surface area contributed by atoms with Crippen molar-refractivity contribution in [1.82, 2.24) is 0 Å². The lowest BCUT2D eigenvalue weighted by Crippen LogP contribution is -1.98. The molecule has 2 heteroatoms. The quantitative estimate of drug-likeness (QED) is 0.499. The monoisotopic (exact) mass is 192 g/mol. The summed E-state index contributed by atoms with van der Waals surface area (Å²) in [6.45, 7) is 2.06. The molecular weight excluding hydrogens is 183 g/mol. The normalized spacial score (nSPS) is 11.3. The fourth-order valence-corrected chi connectivity index (χ4v) is 1.90. The summed E-state index contributed by atoms with van der Waals surface area (Å²) in [4.78, 5) is 0. The van der Waals surface area contributed by atoms with Crippen LogP contribution in [0.4, 0.5) is 0 Å². The molecule has 1 nitrogen and oxygen atoms in total. The molecule has 0 N–H and O–H groups in total. The van der Waals surface area contributed by atoms with E-state index in [9.17, 15) is 0 Å². The van der Waals surface area contributed by atoms with E-state index in [1.165, 1.54) is 5.56 Å². The van der Waals surface area contributed by atoms with Crippen molar-refractivity contribution in [2.45, 2.75) is 6.92 Å². The van der Waals surface area contributed by atoms with E-state index in [4.69, 9.17) is 12.3 Å². The summed E-state index contributed by atoms with van der Waals surface area (Å²) >= 11 is 0. The summed E-state index contributed by atoms with van der Waals surface area (Å²) in [6.07, 6.45) is 0. The molecule has 2 radical (unpaired) electrons. The Bertz CT molecular complexity index is 596. The average molecular weight is 192 g/mol. The van der Waals surface area contributed by atoms with Gasteiger partial charge in [0.25, 0.3) is 0 Å². The molecule has 0 saturated carbocycles. The van der Waals surface area contributed by atoms with Gasteiger partial charge in [0.05, 0.1) is 0 Å². The fraction of sp³-hybridized carbons (Fsp3) is 0.0769. The van der Waals surface area contributed by atoms with E-state index in [0.717, 1.165) is 27.4 Å². The molecule has 2 aromatic carbocycles. The van der Waals surface area contributed by atoms with Crippen LogP contribution in [0, 0.1) is 6.92 Å². The zero-order chi connectivity index (χ0) is 10.4. The highest BCUT2D eigenvalue weighted by Crippen LogP contribution is 2.28. The lowest BCUT2D eigenvalue weighted by atomic mass is 9.95. The molecule has 70 valence electrons. The van der Waals surface area contributed by atoms with Crippen molar-refractivity contribution in [1.29, 1.82) is 0 Å². The number of benzene rings is 2. The first-order valence-electron chi connectivity index (χ1n) is 4.92. The maximum Gasteiger partial charge on any atom is 0.135 e. The van der Waals surface area contributed by atoms with E-state index in [0.29, 0.717) is 0 Å². The maximum absolute atomic E-state index is 5.73. The lowest BCUT2D eigenvalue weighted by molar-refractivity contribution is 0.669. The van der Waals surface area contributed by atoms with Gasteiger partial charge in [0.2, 0.25) is 0 Å². The van der Waals surface area contributed by atoms with Crippen LogP contribution in [0.1, 0.15) is 5.56 Å². The third-order valence-corrected chi connectivity index (χ3v) is 2.65. The van der Waals surface area contributed by atoms with Gasteiger partial charge in [0, 0.05) is 10.8 Å². The Kier molecular flexibility index (Phi) is 1.66. The van der Waals surface area contributed by atoms with E-state index >= 15 is 0 Å². The highest BCUT2D eigenvalue weighted by Gasteiger charge is 2.05. The molecule has 3 rings (SSSR count). The summed E-state index contributed by atoms with van der Waals surface area (Å²) in [7, 11) is 5.72. The van der Waals surface area contributed by atoms with Crippen molar-refractivity contribution >= 4 is 35.2 Å². The van der Waals surface area contributed by atoms with Gasteiger partial charge in [-0.15, -0.1) is 0 Å². The predicted molar refractivity (Wildman–Crippen MR) is 63.8 cm³/mol. The molecule has 0 aliphatic rings. The van der Waals surface area contributed by atoms with E-state index in [2.05, 4.69) is 19.1 Å². The first-order chi connectivity index (χ1) is 7.24. The Labute approximate surface area is 89.1 Å². The Balaban J connectivity index is 2.51. The van der Waals surface area contributed by atoms with Crippen LogP contribution >= 0.6 is 0 Å². The van der Waals surface area contributed by atoms with E-state index in [1.807, 2.05) is 24.3 Å². The summed E-state index contributed by atoms with van der Waals surface area (Å²) in [6, 6.07) is 12.0. The van der Waals surface area contributed by atoms with Crippen LogP contribution in [0.2, 0.25) is 0 Å². The number of aryl methyl sites for hydroxylation is 1. The molecular formula is C13H9BO. The minimum Gasteiger partial charge on any atom is -0.456 e. The van der Waals surface area contributed by atoms with Gasteiger partial charge in [-0.25, -0.2) is 0 Å². The van der Waals surface area contributed by atoms with Gasteiger partial charge >= 0.3 is 0 Å². The van der Waals surface area contributed by atoms with Crippen LogP contribution in [-0.2, 0) is 0 Å². The van der Waals surface area contributed by atoms with Gasteiger partial charge in [0.1, 0.15) is 19.0 Å². The van der Waals surface area contributed by atoms with Gasteiger partial charge in [0.15, 0.2) is 0 Å². The van der Waals surface area contributed by atoms with Crippen molar-refractivity contribution in [3.63, 3.8) is 0 Å². The number of hydrogen-bond donors (Lipinski definition) is 0. The predicted octanol–water partition coefficient (Wildman–Crippen LogP) is 2.69. The maximum atomic E-state index is 5.73. The minimum atomic E-state index is 0.735. The molecule has 0 bridgehead atoms. The van der Waals surface area contributed by atoms with Crippen LogP contribution in [0.15, 0.2) is 40.8 Å². The summed E-state index contributed by atoms with van der Waals surface area (Å²) in [5.74, 6) is 0. The van der Waals surface area contributed by atoms with Crippen molar-refractivity contribution in [2.75, 3.05) is 0 Å². The zero-order valence-corrected chi connectivity index (χ0v) is 8.45. The molecule has 0 amide bonds. The van der Waals surface area contributed by atoms with Gasteiger partial charge in [-0.1, -0.05) is 29.7 Å². The van der Waals surface area contributed by atoms with E-state index < -0.39 is 0 Å². The zero-order valence-electron chi connectivity index (χ0n) is 8.45. The SMILES string of the molecule is [B]c1ccc2c(c1)oc1cc(C)ccc12.